The Hall–Kier alpha value is -1.89. The Balaban J connectivity index is 2.25. The third-order valence-electron chi connectivity index (χ3n) is 3.59. The summed E-state index contributed by atoms with van der Waals surface area (Å²) in [4.78, 5) is 14.7. The first-order chi connectivity index (χ1) is 9.88. The average Bonchev–Trinajstić information content (AvgIpc) is 2.87. The molecule has 1 aromatic heterocycles. The monoisotopic (exact) mass is 312 g/mol. The lowest BCUT2D eigenvalue weighted by Crippen LogP contribution is -2.25. The zero-order chi connectivity index (χ0) is 15.2. The molecule has 21 heavy (non-hydrogen) atoms. The van der Waals surface area contributed by atoms with Crippen LogP contribution in [0, 0.1) is 4.64 Å². The molecular weight excluding hydrogens is 301 g/mol. The average molecular weight is 312 g/mol. The Kier molecular flexibility index (Phi) is 3.24. The summed E-state index contributed by atoms with van der Waals surface area (Å²) in [5.41, 5.74) is 0.491. The fourth-order valence-corrected chi connectivity index (χ4v) is 2.97. The van der Waals surface area contributed by atoms with Gasteiger partial charge in [0.2, 0.25) is 0 Å². The van der Waals surface area contributed by atoms with Gasteiger partial charge in [0.1, 0.15) is 4.64 Å². The van der Waals surface area contributed by atoms with Crippen molar-refractivity contribution in [2.75, 3.05) is 0 Å². The van der Waals surface area contributed by atoms with Crippen molar-refractivity contribution in [3.05, 3.63) is 56.2 Å². The van der Waals surface area contributed by atoms with Crippen LogP contribution in [-0.2, 0) is 19.0 Å². The van der Waals surface area contributed by atoms with Crippen LogP contribution in [0.25, 0.3) is 5.69 Å². The van der Waals surface area contributed by atoms with Crippen LogP contribution >= 0.6 is 12.2 Å². The molecule has 2 aromatic rings. The number of alkyl halides is 3. The summed E-state index contributed by atoms with van der Waals surface area (Å²) in [5, 5.41) is 0. The highest BCUT2D eigenvalue weighted by Crippen LogP contribution is 2.31. The van der Waals surface area contributed by atoms with E-state index in [1.165, 1.54) is 16.7 Å². The van der Waals surface area contributed by atoms with Crippen LogP contribution in [0.5, 0.6) is 0 Å². The van der Waals surface area contributed by atoms with Gasteiger partial charge in [-0.05, 0) is 37.5 Å². The second-order valence-corrected chi connectivity index (χ2v) is 5.33. The largest absolute Gasteiger partial charge is 0.416 e. The fraction of sp³-hybridized carbons (Fsp3) is 0.286. The first-order valence-electron chi connectivity index (χ1n) is 6.42. The number of aromatic nitrogens is 2. The van der Waals surface area contributed by atoms with E-state index in [0.717, 1.165) is 30.5 Å². The minimum absolute atomic E-state index is 0.208. The van der Waals surface area contributed by atoms with Gasteiger partial charge >= 0.3 is 11.9 Å². The highest BCUT2D eigenvalue weighted by Gasteiger charge is 2.31. The van der Waals surface area contributed by atoms with E-state index in [9.17, 15) is 18.0 Å². The lowest BCUT2D eigenvalue weighted by Gasteiger charge is -2.14. The van der Waals surface area contributed by atoms with Crippen molar-refractivity contribution >= 4 is 12.2 Å². The molecule has 1 aromatic carbocycles. The summed E-state index contributed by atoms with van der Waals surface area (Å²) in [7, 11) is 0. The van der Waals surface area contributed by atoms with Crippen molar-refractivity contribution < 1.29 is 13.2 Å². The molecule has 0 unspecified atom stereocenters. The zero-order valence-electron chi connectivity index (χ0n) is 10.8. The lowest BCUT2D eigenvalue weighted by atomic mass is 10.1. The van der Waals surface area contributed by atoms with Crippen molar-refractivity contribution in [2.45, 2.75) is 25.4 Å². The Morgan fingerprint density at radius 3 is 2.71 bits per heavy atom. The van der Waals surface area contributed by atoms with Gasteiger partial charge in [-0.2, -0.15) is 13.2 Å². The minimum atomic E-state index is -4.44. The van der Waals surface area contributed by atoms with E-state index in [0.29, 0.717) is 16.8 Å². The second-order valence-electron chi connectivity index (χ2n) is 4.92. The van der Waals surface area contributed by atoms with Crippen molar-refractivity contribution in [2.24, 2.45) is 0 Å². The van der Waals surface area contributed by atoms with E-state index in [2.05, 4.69) is 4.98 Å². The van der Waals surface area contributed by atoms with Crippen LogP contribution in [0.2, 0.25) is 0 Å². The molecule has 0 atom stereocenters. The first-order valence-corrected chi connectivity index (χ1v) is 6.83. The second kappa shape index (κ2) is 4.84. The molecule has 0 bridgehead atoms. The predicted octanol–water partition coefficient (Wildman–Crippen LogP) is 3.40. The van der Waals surface area contributed by atoms with Gasteiger partial charge in [-0.3, -0.25) is 9.55 Å². The number of rotatable bonds is 1. The summed E-state index contributed by atoms with van der Waals surface area (Å²) in [6, 6.07) is 4.76. The number of aromatic amines is 1. The molecule has 0 saturated heterocycles. The maximum atomic E-state index is 12.8. The van der Waals surface area contributed by atoms with Crippen LogP contribution in [0.4, 0.5) is 13.2 Å². The maximum Gasteiger partial charge on any atom is 0.416 e. The molecule has 3 rings (SSSR count). The first kappa shape index (κ1) is 14.1. The topological polar surface area (TPSA) is 37.8 Å². The highest BCUT2D eigenvalue weighted by atomic mass is 32.1. The molecule has 7 heteroatoms. The smallest absolute Gasteiger partial charge is 0.298 e. The molecule has 1 N–H and O–H groups in total. The number of hydrogen-bond donors (Lipinski definition) is 1. The van der Waals surface area contributed by atoms with Crippen LogP contribution in [-0.4, -0.2) is 9.55 Å². The number of benzene rings is 1. The third kappa shape index (κ3) is 2.42. The van der Waals surface area contributed by atoms with Crippen molar-refractivity contribution in [3.63, 3.8) is 0 Å². The highest BCUT2D eigenvalue weighted by molar-refractivity contribution is 7.71. The van der Waals surface area contributed by atoms with E-state index in [4.69, 9.17) is 12.2 Å². The zero-order valence-corrected chi connectivity index (χ0v) is 11.6. The van der Waals surface area contributed by atoms with Gasteiger partial charge in [0, 0.05) is 11.3 Å². The van der Waals surface area contributed by atoms with Gasteiger partial charge in [-0.15, -0.1) is 0 Å². The summed E-state index contributed by atoms with van der Waals surface area (Å²) in [5.74, 6) is 0. The third-order valence-corrected chi connectivity index (χ3v) is 3.94. The van der Waals surface area contributed by atoms with E-state index >= 15 is 0 Å². The molecule has 0 fully saturated rings. The minimum Gasteiger partial charge on any atom is -0.298 e. The molecule has 3 nitrogen and oxygen atoms in total. The van der Waals surface area contributed by atoms with Crippen LogP contribution in [0.15, 0.2) is 29.1 Å². The molecule has 0 saturated carbocycles. The molecule has 1 aliphatic rings. The number of nitrogens with one attached hydrogen (secondary N) is 1. The number of fused-ring (bicyclic) bond motifs is 1. The number of hydrogen-bond acceptors (Lipinski definition) is 2. The molecule has 1 heterocycles. The molecule has 0 spiro atoms. The number of halogens is 3. The van der Waals surface area contributed by atoms with Gasteiger partial charge in [0.25, 0.3) is 0 Å². The Morgan fingerprint density at radius 1 is 1.24 bits per heavy atom. The molecule has 110 valence electrons. The standard InChI is InChI=1S/C14H11F3N2OS/c15-14(16,17)8-3-1-4-9(7-8)19-11-6-2-5-10(11)12(21)18-13(19)20/h1,3-4,7H,2,5-6H2,(H,18,20,21). The normalized spacial score (nSPS) is 14.2. The Morgan fingerprint density at radius 2 is 2.00 bits per heavy atom. The Labute approximate surface area is 123 Å². The molecule has 0 aliphatic heterocycles. The van der Waals surface area contributed by atoms with E-state index < -0.39 is 17.4 Å². The maximum absolute atomic E-state index is 12.8. The van der Waals surface area contributed by atoms with Gasteiger partial charge < -0.3 is 0 Å². The Bertz CT molecular complexity index is 820. The molecular formula is C14H11F3N2OS. The van der Waals surface area contributed by atoms with E-state index in [1.54, 1.807) is 0 Å². The van der Waals surface area contributed by atoms with Crippen LogP contribution in [0.1, 0.15) is 23.2 Å². The van der Waals surface area contributed by atoms with Crippen molar-refractivity contribution in [1.82, 2.24) is 9.55 Å². The van der Waals surface area contributed by atoms with E-state index in [-0.39, 0.29) is 5.69 Å². The van der Waals surface area contributed by atoms with Crippen molar-refractivity contribution in [3.8, 4) is 5.69 Å². The number of nitrogens with zero attached hydrogens (tertiary/aromatic N) is 1. The van der Waals surface area contributed by atoms with Gasteiger partial charge in [-0.1, -0.05) is 18.3 Å². The van der Waals surface area contributed by atoms with Crippen LogP contribution in [0.3, 0.4) is 0 Å². The number of H-pyrrole nitrogens is 1. The van der Waals surface area contributed by atoms with Crippen LogP contribution < -0.4 is 5.69 Å². The summed E-state index contributed by atoms with van der Waals surface area (Å²) >= 11 is 5.11. The summed E-state index contributed by atoms with van der Waals surface area (Å²) in [6.07, 6.45) is -2.22. The molecule has 0 amide bonds. The SMILES string of the molecule is O=c1[nH]c(=S)c2c(n1-c1cccc(C(F)(F)F)c1)CCC2. The molecule has 1 aliphatic carbocycles. The fourth-order valence-electron chi connectivity index (χ4n) is 2.66. The summed E-state index contributed by atoms with van der Waals surface area (Å²) < 4.78 is 40.1. The quantitative estimate of drug-likeness (QED) is 0.820. The van der Waals surface area contributed by atoms with Gasteiger partial charge in [-0.25, -0.2) is 4.79 Å². The van der Waals surface area contributed by atoms with Crippen molar-refractivity contribution in [1.29, 1.82) is 0 Å². The van der Waals surface area contributed by atoms with Gasteiger partial charge in [0.15, 0.2) is 0 Å². The summed E-state index contributed by atoms with van der Waals surface area (Å²) in [6.45, 7) is 0. The lowest BCUT2D eigenvalue weighted by molar-refractivity contribution is -0.137. The molecule has 0 radical (unpaired) electrons. The predicted molar refractivity (Wildman–Crippen MR) is 74.3 cm³/mol. The van der Waals surface area contributed by atoms with E-state index in [1.807, 2.05) is 0 Å². The van der Waals surface area contributed by atoms with Gasteiger partial charge in [0.05, 0.1) is 11.3 Å².